The maximum absolute atomic E-state index is 13.4. The molecule has 2 aliphatic rings. The van der Waals surface area contributed by atoms with Crippen molar-refractivity contribution < 1.29 is 18.0 Å². The molecule has 2 saturated heterocycles. The first kappa shape index (κ1) is 22.8. The number of alkyl halides is 3. The van der Waals surface area contributed by atoms with Crippen LogP contribution in [-0.2, 0) is 6.18 Å². The fourth-order valence-corrected chi connectivity index (χ4v) is 4.74. The number of anilines is 1. The highest BCUT2D eigenvalue weighted by atomic mass is 35.5. The van der Waals surface area contributed by atoms with Gasteiger partial charge in [-0.15, -0.1) is 0 Å². The highest BCUT2D eigenvalue weighted by Crippen LogP contribution is 2.33. The van der Waals surface area contributed by atoms with Crippen LogP contribution in [0.1, 0.15) is 22.6 Å². The zero-order chi connectivity index (χ0) is 23.9. The van der Waals surface area contributed by atoms with E-state index in [1.54, 1.807) is 36.4 Å². The fraction of sp³-hybridized carbons (Fsp3) is 0.391. The van der Waals surface area contributed by atoms with Crippen LogP contribution in [0, 0.1) is 0 Å². The Hall–Kier alpha value is -2.98. The molecule has 0 N–H and O–H groups in total. The number of carbonyl (C=O) groups excluding carboxylic acids is 1. The minimum absolute atomic E-state index is 0.0241. The number of piperazine rings is 1. The van der Waals surface area contributed by atoms with Crippen LogP contribution in [0.3, 0.4) is 0 Å². The highest BCUT2D eigenvalue weighted by Gasteiger charge is 2.38. The van der Waals surface area contributed by atoms with E-state index in [1.807, 2.05) is 9.80 Å². The largest absolute Gasteiger partial charge is 0.451 e. The summed E-state index contributed by atoms with van der Waals surface area (Å²) in [6.07, 6.45) is -2.42. The number of fused-ring (bicyclic) bond motifs is 1. The lowest BCUT2D eigenvalue weighted by molar-refractivity contribution is -0.144. The number of hydrogen-bond acceptors (Lipinski definition) is 6. The molecule has 34 heavy (non-hydrogen) atoms. The maximum atomic E-state index is 13.4. The number of amides is 1. The van der Waals surface area contributed by atoms with Crippen LogP contribution in [0.15, 0.2) is 42.6 Å². The van der Waals surface area contributed by atoms with E-state index in [1.165, 1.54) is 6.20 Å². The number of carbonyl (C=O) groups is 1. The highest BCUT2D eigenvalue weighted by molar-refractivity contribution is 6.30. The summed E-state index contributed by atoms with van der Waals surface area (Å²) in [5.74, 6) is -0.931. The van der Waals surface area contributed by atoms with E-state index in [0.29, 0.717) is 55.2 Å². The van der Waals surface area contributed by atoms with Gasteiger partial charge < -0.3 is 9.80 Å². The Labute approximate surface area is 199 Å². The molecular weight excluding hydrogens is 469 g/mol. The first-order valence-corrected chi connectivity index (χ1v) is 11.4. The van der Waals surface area contributed by atoms with Gasteiger partial charge in [-0.2, -0.15) is 13.2 Å². The third-order valence-corrected chi connectivity index (χ3v) is 6.63. The smallest absolute Gasteiger partial charge is 0.354 e. The van der Waals surface area contributed by atoms with Gasteiger partial charge in [0.2, 0.25) is 5.82 Å². The molecule has 178 valence electrons. The van der Waals surface area contributed by atoms with Crippen LogP contribution < -0.4 is 4.90 Å². The summed E-state index contributed by atoms with van der Waals surface area (Å²) in [7, 11) is 0. The molecule has 0 saturated carbocycles. The zero-order valence-corrected chi connectivity index (χ0v) is 18.9. The van der Waals surface area contributed by atoms with Crippen LogP contribution in [-0.4, -0.2) is 76.0 Å². The molecule has 0 spiro atoms. The van der Waals surface area contributed by atoms with Crippen LogP contribution in [0.25, 0.3) is 11.0 Å². The van der Waals surface area contributed by atoms with Gasteiger partial charge in [0.1, 0.15) is 5.82 Å². The molecule has 1 aromatic carbocycles. The number of halogens is 4. The van der Waals surface area contributed by atoms with E-state index in [4.69, 9.17) is 11.6 Å². The van der Waals surface area contributed by atoms with Crippen molar-refractivity contribution in [2.45, 2.75) is 18.6 Å². The molecule has 0 radical (unpaired) electrons. The lowest BCUT2D eigenvalue weighted by Crippen LogP contribution is -2.52. The van der Waals surface area contributed by atoms with Crippen molar-refractivity contribution in [2.75, 3.05) is 44.2 Å². The standard InChI is InChI=1S/C23H22ClF3N6O/c24-16-5-3-15(4-6-16)21(34)32-12-10-31(11-13-32)17-7-9-33(14-17)20-18-2-1-8-28-19(18)29-22(30-20)23(25,26)27/h1-6,8,17H,7,9-14H2/t17-/m0/s1. The molecule has 0 bridgehead atoms. The van der Waals surface area contributed by atoms with Gasteiger partial charge >= 0.3 is 6.18 Å². The molecule has 11 heteroatoms. The second kappa shape index (κ2) is 8.99. The van der Waals surface area contributed by atoms with E-state index in [-0.39, 0.29) is 23.4 Å². The molecule has 2 aliphatic heterocycles. The van der Waals surface area contributed by atoms with Gasteiger partial charge in [-0.25, -0.2) is 15.0 Å². The molecule has 5 rings (SSSR count). The minimum Gasteiger partial charge on any atom is -0.354 e. The van der Waals surface area contributed by atoms with Crippen molar-refractivity contribution in [3.8, 4) is 0 Å². The summed E-state index contributed by atoms with van der Waals surface area (Å²) < 4.78 is 40.1. The Morgan fingerprint density at radius 1 is 1.00 bits per heavy atom. The summed E-state index contributed by atoms with van der Waals surface area (Å²) >= 11 is 5.91. The first-order valence-electron chi connectivity index (χ1n) is 11.0. The molecule has 4 heterocycles. The first-order chi connectivity index (χ1) is 16.3. The lowest BCUT2D eigenvalue weighted by Gasteiger charge is -2.38. The van der Waals surface area contributed by atoms with Gasteiger partial charge in [-0.05, 0) is 42.8 Å². The fourth-order valence-electron chi connectivity index (χ4n) is 4.61. The van der Waals surface area contributed by atoms with Gasteiger partial charge in [-0.1, -0.05) is 11.6 Å². The molecule has 7 nitrogen and oxygen atoms in total. The topological polar surface area (TPSA) is 65.5 Å². The molecule has 1 atom stereocenters. The Bertz CT molecular complexity index is 1200. The number of pyridine rings is 1. The van der Waals surface area contributed by atoms with Crippen LogP contribution in [0.2, 0.25) is 5.02 Å². The normalized spacial score (nSPS) is 19.7. The molecular formula is C23H22ClF3N6O. The van der Waals surface area contributed by atoms with Crippen molar-refractivity contribution >= 4 is 34.4 Å². The minimum atomic E-state index is -4.65. The van der Waals surface area contributed by atoms with E-state index in [0.717, 1.165) is 6.42 Å². The van der Waals surface area contributed by atoms with Gasteiger partial charge in [0.25, 0.3) is 5.91 Å². The number of aromatic nitrogens is 3. The Kier molecular flexibility index (Phi) is 6.03. The third-order valence-electron chi connectivity index (χ3n) is 6.38. The molecule has 0 unspecified atom stereocenters. The Morgan fingerprint density at radius 2 is 1.74 bits per heavy atom. The SMILES string of the molecule is O=C(c1ccc(Cl)cc1)N1CCN([C@H]2CCN(c3nc(C(F)(F)F)nc4ncccc34)C2)CC1. The van der Waals surface area contributed by atoms with Crippen molar-refractivity contribution in [1.82, 2.24) is 24.8 Å². The molecule has 0 aliphatic carbocycles. The van der Waals surface area contributed by atoms with E-state index >= 15 is 0 Å². The van der Waals surface area contributed by atoms with Gasteiger partial charge in [0, 0.05) is 62.1 Å². The molecule has 3 aromatic rings. The number of nitrogens with zero attached hydrogens (tertiary/aromatic N) is 6. The van der Waals surface area contributed by atoms with Crippen molar-refractivity contribution in [3.05, 3.63) is 59.0 Å². The predicted molar refractivity (Wildman–Crippen MR) is 122 cm³/mol. The van der Waals surface area contributed by atoms with Crippen molar-refractivity contribution in [3.63, 3.8) is 0 Å². The average Bonchev–Trinajstić information content (AvgIpc) is 3.33. The number of benzene rings is 1. The Balaban J connectivity index is 1.27. The van der Waals surface area contributed by atoms with E-state index < -0.39 is 12.0 Å². The van der Waals surface area contributed by atoms with E-state index in [2.05, 4.69) is 19.9 Å². The van der Waals surface area contributed by atoms with Gasteiger partial charge in [0.15, 0.2) is 5.65 Å². The number of hydrogen-bond donors (Lipinski definition) is 0. The summed E-state index contributed by atoms with van der Waals surface area (Å²) in [6, 6.07) is 10.4. The summed E-state index contributed by atoms with van der Waals surface area (Å²) in [6.45, 7) is 3.75. The monoisotopic (exact) mass is 490 g/mol. The van der Waals surface area contributed by atoms with E-state index in [9.17, 15) is 18.0 Å². The quantitative estimate of drug-likeness (QED) is 0.557. The lowest BCUT2D eigenvalue weighted by atomic mass is 10.1. The van der Waals surface area contributed by atoms with Crippen LogP contribution >= 0.6 is 11.6 Å². The maximum Gasteiger partial charge on any atom is 0.451 e. The molecule has 2 aromatic heterocycles. The summed E-state index contributed by atoms with van der Waals surface area (Å²) in [5, 5.41) is 1.09. The second-order valence-corrected chi connectivity index (χ2v) is 8.90. The predicted octanol–water partition coefficient (Wildman–Crippen LogP) is 3.73. The molecule has 1 amide bonds. The third kappa shape index (κ3) is 4.52. The summed E-state index contributed by atoms with van der Waals surface area (Å²) in [4.78, 5) is 30.3. The van der Waals surface area contributed by atoms with Crippen LogP contribution in [0.5, 0.6) is 0 Å². The van der Waals surface area contributed by atoms with Crippen molar-refractivity contribution in [2.24, 2.45) is 0 Å². The summed E-state index contributed by atoms with van der Waals surface area (Å²) in [5.41, 5.74) is 0.646. The van der Waals surface area contributed by atoms with Crippen LogP contribution in [0.4, 0.5) is 19.0 Å². The average molecular weight is 491 g/mol. The zero-order valence-electron chi connectivity index (χ0n) is 18.2. The molecule has 2 fully saturated rings. The number of rotatable bonds is 3. The second-order valence-electron chi connectivity index (χ2n) is 8.47. The Morgan fingerprint density at radius 3 is 2.44 bits per heavy atom. The van der Waals surface area contributed by atoms with Gasteiger partial charge in [0.05, 0.1) is 5.39 Å². The van der Waals surface area contributed by atoms with Gasteiger partial charge in [-0.3, -0.25) is 9.69 Å². The van der Waals surface area contributed by atoms with Crippen molar-refractivity contribution in [1.29, 1.82) is 0 Å².